The van der Waals surface area contributed by atoms with Gasteiger partial charge in [-0.15, -0.1) is 0 Å². The van der Waals surface area contributed by atoms with Crippen molar-refractivity contribution in [3.63, 3.8) is 0 Å². The third kappa shape index (κ3) is 3.52. The summed E-state index contributed by atoms with van der Waals surface area (Å²) in [5.41, 5.74) is 8.36. The Hall–Kier alpha value is -2.52. The minimum Gasteiger partial charge on any atom is -0.399 e. The SMILES string of the molecule is Cc1cc(NS(=O)(=O)c2ccc(CC#N)cc2)ccc1N. The van der Waals surface area contributed by atoms with Crippen LogP contribution in [0.25, 0.3) is 0 Å². The van der Waals surface area contributed by atoms with E-state index in [4.69, 9.17) is 11.0 Å². The lowest BCUT2D eigenvalue weighted by atomic mass is 10.2. The van der Waals surface area contributed by atoms with Crippen molar-refractivity contribution in [2.75, 3.05) is 10.5 Å². The van der Waals surface area contributed by atoms with Gasteiger partial charge in [0.25, 0.3) is 10.0 Å². The van der Waals surface area contributed by atoms with Crippen molar-refractivity contribution in [3.8, 4) is 6.07 Å². The third-order valence-electron chi connectivity index (χ3n) is 3.04. The number of aryl methyl sites for hydroxylation is 1. The number of benzene rings is 2. The van der Waals surface area contributed by atoms with Gasteiger partial charge in [0.15, 0.2) is 0 Å². The number of rotatable bonds is 4. The number of hydrogen-bond acceptors (Lipinski definition) is 4. The second kappa shape index (κ2) is 5.85. The normalized spacial score (nSPS) is 10.9. The Bertz CT molecular complexity index is 791. The molecule has 0 atom stereocenters. The van der Waals surface area contributed by atoms with E-state index in [0.29, 0.717) is 11.4 Å². The third-order valence-corrected chi connectivity index (χ3v) is 4.44. The van der Waals surface area contributed by atoms with Crippen LogP contribution < -0.4 is 10.5 Å². The number of hydrogen-bond donors (Lipinski definition) is 2. The van der Waals surface area contributed by atoms with E-state index in [-0.39, 0.29) is 11.3 Å². The maximum absolute atomic E-state index is 12.3. The number of nitrogens with two attached hydrogens (primary N) is 1. The highest BCUT2D eigenvalue weighted by molar-refractivity contribution is 7.92. The van der Waals surface area contributed by atoms with Crippen LogP contribution in [0.2, 0.25) is 0 Å². The number of anilines is 2. The van der Waals surface area contributed by atoms with Crippen molar-refractivity contribution < 1.29 is 8.42 Å². The summed E-state index contributed by atoms with van der Waals surface area (Å²) in [4.78, 5) is 0.152. The Morgan fingerprint density at radius 2 is 1.86 bits per heavy atom. The van der Waals surface area contributed by atoms with Gasteiger partial charge in [-0.3, -0.25) is 4.72 Å². The van der Waals surface area contributed by atoms with Crippen molar-refractivity contribution in [2.45, 2.75) is 18.2 Å². The van der Waals surface area contributed by atoms with E-state index < -0.39 is 10.0 Å². The average Bonchev–Trinajstić information content (AvgIpc) is 2.44. The summed E-state index contributed by atoms with van der Waals surface area (Å²) in [5, 5.41) is 8.60. The molecule has 0 aliphatic carbocycles. The standard InChI is InChI=1S/C15H15N3O2S/c1-11-10-13(4-7-15(11)17)18-21(19,20)14-5-2-12(3-6-14)8-9-16/h2-7,10,18H,8,17H2,1H3. The summed E-state index contributed by atoms with van der Waals surface area (Å²) in [6, 6.07) is 13.2. The van der Waals surface area contributed by atoms with E-state index in [2.05, 4.69) is 4.72 Å². The fourth-order valence-corrected chi connectivity index (χ4v) is 2.88. The molecule has 0 aromatic heterocycles. The monoisotopic (exact) mass is 301 g/mol. The zero-order chi connectivity index (χ0) is 15.5. The molecule has 0 saturated heterocycles. The zero-order valence-electron chi connectivity index (χ0n) is 11.5. The maximum Gasteiger partial charge on any atom is 0.261 e. The van der Waals surface area contributed by atoms with Crippen molar-refractivity contribution in [2.24, 2.45) is 0 Å². The van der Waals surface area contributed by atoms with Gasteiger partial charge in [0, 0.05) is 11.4 Å². The highest BCUT2D eigenvalue weighted by atomic mass is 32.2. The number of sulfonamides is 1. The van der Waals surface area contributed by atoms with Crippen LogP contribution in [0.3, 0.4) is 0 Å². The quantitative estimate of drug-likeness (QED) is 0.848. The molecular formula is C15H15N3O2S. The van der Waals surface area contributed by atoms with E-state index in [1.165, 1.54) is 12.1 Å². The molecule has 3 N–H and O–H groups in total. The molecule has 5 nitrogen and oxygen atoms in total. The summed E-state index contributed by atoms with van der Waals surface area (Å²) >= 11 is 0. The van der Waals surface area contributed by atoms with Crippen LogP contribution in [-0.4, -0.2) is 8.42 Å². The first-order chi connectivity index (χ1) is 9.92. The molecule has 0 amide bonds. The molecule has 0 bridgehead atoms. The second-order valence-corrected chi connectivity index (χ2v) is 6.34. The highest BCUT2D eigenvalue weighted by Crippen LogP contribution is 2.20. The first-order valence-corrected chi connectivity index (χ1v) is 7.75. The van der Waals surface area contributed by atoms with Gasteiger partial charge in [-0.05, 0) is 48.4 Å². The van der Waals surface area contributed by atoms with Crippen molar-refractivity contribution in [1.29, 1.82) is 5.26 Å². The molecule has 6 heteroatoms. The molecular weight excluding hydrogens is 286 g/mol. The molecule has 0 unspecified atom stereocenters. The van der Waals surface area contributed by atoms with Gasteiger partial charge in [0.2, 0.25) is 0 Å². The van der Waals surface area contributed by atoms with Crippen LogP contribution in [0.1, 0.15) is 11.1 Å². The van der Waals surface area contributed by atoms with E-state index >= 15 is 0 Å². The molecule has 21 heavy (non-hydrogen) atoms. The fourth-order valence-electron chi connectivity index (χ4n) is 1.83. The minimum absolute atomic E-state index is 0.152. The molecule has 0 aliphatic heterocycles. The van der Waals surface area contributed by atoms with E-state index in [1.54, 1.807) is 30.3 Å². The number of nitriles is 1. The van der Waals surface area contributed by atoms with Gasteiger partial charge in [0.1, 0.15) is 0 Å². The van der Waals surface area contributed by atoms with Gasteiger partial charge in [-0.25, -0.2) is 8.42 Å². The van der Waals surface area contributed by atoms with E-state index in [0.717, 1.165) is 11.1 Å². The Kier molecular flexibility index (Phi) is 4.15. The summed E-state index contributed by atoms with van der Waals surface area (Å²) in [6.07, 6.45) is 0.255. The van der Waals surface area contributed by atoms with Crippen molar-refractivity contribution in [1.82, 2.24) is 0 Å². The summed E-state index contributed by atoms with van der Waals surface area (Å²) in [6.45, 7) is 1.81. The molecule has 0 aliphatic rings. The molecule has 2 aromatic carbocycles. The van der Waals surface area contributed by atoms with Crippen molar-refractivity contribution >= 4 is 21.4 Å². The second-order valence-electron chi connectivity index (χ2n) is 4.66. The van der Waals surface area contributed by atoms with Crippen LogP contribution in [-0.2, 0) is 16.4 Å². The summed E-state index contributed by atoms with van der Waals surface area (Å²) in [5.74, 6) is 0. The topological polar surface area (TPSA) is 96.0 Å². The predicted molar refractivity (Wildman–Crippen MR) is 82.2 cm³/mol. The van der Waals surface area contributed by atoms with Crippen LogP contribution in [0, 0.1) is 18.3 Å². The van der Waals surface area contributed by atoms with Crippen LogP contribution in [0.4, 0.5) is 11.4 Å². The molecule has 0 heterocycles. The summed E-state index contributed by atoms with van der Waals surface area (Å²) in [7, 11) is -3.65. The van der Waals surface area contributed by atoms with E-state index in [1.807, 2.05) is 13.0 Å². The maximum atomic E-state index is 12.3. The average molecular weight is 301 g/mol. The Morgan fingerprint density at radius 3 is 2.43 bits per heavy atom. The summed E-state index contributed by atoms with van der Waals surface area (Å²) < 4.78 is 27.0. The number of nitrogens with zero attached hydrogens (tertiary/aromatic N) is 1. The first kappa shape index (κ1) is 14.9. The van der Waals surface area contributed by atoms with Gasteiger partial charge >= 0.3 is 0 Å². The van der Waals surface area contributed by atoms with Crippen LogP contribution in [0.5, 0.6) is 0 Å². The van der Waals surface area contributed by atoms with Crippen molar-refractivity contribution in [3.05, 3.63) is 53.6 Å². The largest absolute Gasteiger partial charge is 0.399 e. The van der Waals surface area contributed by atoms with Gasteiger partial charge < -0.3 is 5.73 Å². The molecule has 2 rings (SSSR count). The Balaban J connectivity index is 2.25. The molecule has 0 spiro atoms. The van der Waals surface area contributed by atoms with Crippen LogP contribution in [0.15, 0.2) is 47.4 Å². The molecule has 2 aromatic rings. The lowest BCUT2D eigenvalue weighted by Gasteiger charge is -2.10. The number of nitrogen functional groups attached to an aromatic ring is 1. The van der Waals surface area contributed by atoms with Gasteiger partial charge in [-0.1, -0.05) is 12.1 Å². The fraction of sp³-hybridized carbons (Fsp3) is 0.133. The molecule has 0 radical (unpaired) electrons. The van der Waals surface area contributed by atoms with Gasteiger partial charge in [-0.2, -0.15) is 5.26 Å². The molecule has 0 fully saturated rings. The van der Waals surface area contributed by atoms with E-state index in [9.17, 15) is 8.42 Å². The Labute approximate surface area is 124 Å². The zero-order valence-corrected chi connectivity index (χ0v) is 12.3. The lowest BCUT2D eigenvalue weighted by molar-refractivity contribution is 0.601. The first-order valence-electron chi connectivity index (χ1n) is 6.27. The molecule has 108 valence electrons. The molecule has 0 saturated carbocycles. The van der Waals surface area contributed by atoms with Gasteiger partial charge in [0.05, 0.1) is 17.4 Å². The number of nitrogens with one attached hydrogen (secondary N) is 1. The lowest BCUT2D eigenvalue weighted by Crippen LogP contribution is -2.13. The van der Waals surface area contributed by atoms with Crippen LogP contribution >= 0.6 is 0 Å². The Morgan fingerprint density at radius 1 is 1.19 bits per heavy atom. The highest BCUT2D eigenvalue weighted by Gasteiger charge is 2.14. The minimum atomic E-state index is -3.65. The predicted octanol–water partition coefficient (Wildman–Crippen LogP) is 2.44. The smallest absolute Gasteiger partial charge is 0.261 e.